The number of aliphatic hydroxyl groups excluding tert-OH is 1. The van der Waals surface area contributed by atoms with E-state index in [1.807, 2.05) is 46.2 Å². The maximum absolute atomic E-state index is 11.7. The SMILES string of the molecule is CC(C)(C)c1cc2c3c(nccc3c1)-c1[c-]c3cccnc3cc1C21c2ccccc2-c2ccccc21.CCC(CC)C(=O)/C=C(\O)C(CC)CC.[Ir]. The standard InChI is InChI=1S/C35H25N2.C13H24O2.Ir/c1-34(2,3)23-17-22-14-16-37-33-26-18-21-9-8-15-36-31(21)20-29(26)35(30(19-23)32(22)33)27-12-6-4-10-24(27)25-11-5-7-13-28(25)35;1-5-10(6-2)12(14)9-13(15)11(7-3)8-4;/h4-17,19-20H,1-3H3;9-11,14H,5-8H2,1-4H3;/q-1;;/b;12-9-;. The van der Waals surface area contributed by atoms with Crippen LogP contribution >= 0.6 is 0 Å². The fourth-order valence-electron chi connectivity index (χ4n) is 8.51. The van der Waals surface area contributed by atoms with Gasteiger partial charge in [-0.1, -0.05) is 138 Å². The molecule has 8 rings (SSSR count). The van der Waals surface area contributed by atoms with Gasteiger partial charge in [0.2, 0.25) is 0 Å². The Hall–Kier alpha value is -4.44. The number of fused-ring (bicyclic) bond motifs is 10. The molecule has 2 aliphatic carbocycles. The van der Waals surface area contributed by atoms with Crippen LogP contribution in [-0.4, -0.2) is 20.9 Å². The van der Waals surface area contributed by atoms with Gasteiger partial charge in [-0.05, 0) is 86.8 Å². The zero-order chi connectivity index (χ0) is 36.8. The molecule has 53 heavy (non-hydrogen) atoms. The molecule has 0 bridgehead atoms. The molecule has 2 aliphatic rings. The predicted octanol–water partition coefficient (Wildman–Crippen LogP) is 12.1. The average Bonchev–Trinajstić information content (AvgIpc) is 3.44. The molecule has 0 fully saturated rings. The summed E-state index contributed by atoms with van der Waals surface area (Å²) in [5.41, 5.74) is 11.7. The molecule has 4 nitrogen and oxygen atoms in total. The van der Waals surface area contributed by atoms with Gasteiger partial charge < -0.3 is 5.11 Å². The zero-order valence-electron chi connectivity index (χ0n) is 31.9. The summed E-state index contributed by atoms with van der Waals surface area (Å²) in [4.78, 5) is 21.5. The molecule has 5 heteroatoms. The summed E-state index contributed by atoms with van der Waals surface area (Å²) in [5, 5.41) is 13.2. The number of allylic oxidation sites excluding steroid dienone is 2. The minimum absolute atomic E-state index is 0. The Morgan fingerprint density at radius 2 is 1.38 bits per heavy atom. The van der Waals surface area contributed by atoms with Crippen LogP contribution in [0, 0.1) is 17.9 Å². The van der Waals surface area contributed by atoms with E-state index >= 15 is 0 Å². The van der Waals surface area contributed by atoms with Crippen molar-refractivity contribution in [3.8, 4) is 22.4 Å². The fraction of sp³-hybridized carbons (Fsp3) is 0.312. The van der Waals surface area contributed by atoms with Gasteiger partial charge >= 0.3 is 0 Å². The van der Waals surface area contributed by atoms with Crippen molar-refractivity contribution in [2.24, 2.45) is 11.8 Å². The van der Waals surface area contributed by atoms with Gasteiger partial charge in [-0.3, -0.25) is 14.8 Å². The zero-order valence-corrected chi connectivity index (χ0v) is 34.3. The minimum atomic E-state index is -0.472. The second-order valence-corrected chi connectivity index (χ2v) is 15.4. The van der Waals surface area contributed by atoms with E-state index in [0.717, 1.165) is 47.8 Å². The molecular formula is C48H49IrN2O2-. The Kier molecular flexibility index (Phi) is 10.9. The molecule has 6 aromatic rings. The van der Waals surface area contributed by atoms with Crippen LogP contribution in [-0.2, 0) is 35.7 Å². The van der Waals surface area contributed by atoms with Crippen molar-refractivity contribution >= 4 is 27.5 Å². The van der Waals surface area contributed by atoms with Crippen LogP contribution in [0.3, 0.4) is 0 Å². The summed E-state index contributed by atoms with van der Waals surface area (Å²) >= 11 is 0. The molecule has 0 atom stereocenters. The van der Waals surface area contributed by atoms with E-state index in [9.17, 15) is 9.90 Å². The number of benzene rings is 4. The predicted molar refractivity (Wildman–Crippen MR) is 215 cm³/mol. The summed E-state index contributed by atoms with van der Waals surface area (Å²) in [5.74, 6) is 0.547. The molecule has 0 amide bonds. The summed E-state index contributed by atoms with van der Waals surface area (Å²) in [6.45, 7) is 15.0. The molecule has 1 N–H and O–H groups in total. The number of hydrogen-bond acceptors (Lipinski definition) is 4. The molecule has 1 spiro atoms. The third-order valence-corrected chi connectivity index (χ3v) is 11.5. The number of pyridine rings is 2. The molecule has 1 radical (unpaired) electrons. The summed E-state index contributed by atoms with van der Waals surface area (Å²) < 4.78 is 0. The van der Waals surface area contributed by atoms with Gasteiger partial charge in [0.1, 0.15) is 0 Å². The maximum atomic E-state index is 11.7. The molecule has 0 unspecified atom stereocenters. The molecular weight excluding hydrogens is 829 g/mol. The second-order valence-electron chi connectivity index (χ2n) is 15.4. The number of aliphatic hydroxyl groups is 1. The maximum Gasteiger partial charge on any atom is 0.162 e. The van der Waals surface area contributed by atoms with Gasteiger partial charge in [-0.15, -0.1) is 12.1 Å². The quantitative estimate of drug-likeness (QED) is 0.0984. The minimum Gasteiger partial charge on any atom is -0.512 e. The Balaban J connectivity index is 0.000000258. The first-order valence-electron chi connectivity index (χ1n) is 19.0. The van der Waals surface area contributed by atoms with E-state index in [0.29, 0.717) is 0 Å². The van der Waals surface area contributed by atoms with Crippen LogP contribution in [0.15, 0.2) is 109 Å². The van der Waals surface area contributed by atoms with Gasteiger partial charge in [0.25, 0.3) is 0 Å². The monoisotopic (exact) mass is 878 g/mol. The molecule has 0 aliphatic heterocycles. The molecule has 0 saturated heterocycles. The van der Waals surface area contributed by atoms with Crippen molar-refractivity contribution in [3.63, 3.8) is 0 Å². The van der Waals surface area contributed by atoms with Crippen LogP contribution < -0.4 is 0 Å². The van der Waals surface area contributed by atoms with Crippen molar-refractivity contribution < 1.29 is 30.0 Å². The van der Waals surface area contributed by atoms with Crippen LogP contribution in [0.25, 0.3) is 44.1 Å². The Bertz CT molecular complexity index is 2300. The van der Waals surface area contributed by atoms with Crippen molar-refractivity contribution in [3.05, 3.63) is 143 Å². The van der Waals surface area contributed by atoms with Crippen LogP contribution in [0.2, 0.25) is 0 Å². The van der Waals surface area contributed by atoms with Gasteiger partial charge in [0.15, 0.2) is 5.78 Å². The smallest absolute Gasteiger partial charge is 0.162 e. The van der Waals surface area contributed by atoms with E-state index in [1.54, 1.807) is 0 Å². The van der Waals surface area contributed by atoms with E-state index in [4.69, 9.17) is 9.97 Å². The number of carbonyl (C=O) groups is 1. The summed E-state index contributed by atoms with van der Waals surface area (Å²) in [7, 11) is 0. The number of hydrogen-bond donors (Lipinski definition) is 1. The first kappa shape index (κ1) is 38.3. The normalized spacial score (nSPS) is 13.7. The molecule has 0 saturated carbocycles. The summed E-state index contributed by atoms with van der Waals surface area (Å²) in [6.07, 6.45) is 8.73. The molecule has 2 heterocycles. The Morgan fingerprint density at radius 3 is 1.98 bits per heavy atom. The van der Waals surface area contributed by atoms with E-state index < -0.39 is 5.41 Å². The molecule has 273 valence electrons. The first-order chi connectivity index (χ1) is 25.1. The van der Waals surface area contributed by atoms with E-state index in [-0.39, 0.29) is 48.9 Å². The second kappa shape index (κ2) is 15.1. The summed E-state index contributed by atoms with van der Waals surface area (Å²) in [6, 6.07) is 35.0. The van der Waals surface area contributed by atoms with Crippen molar-refractivity contribution in [2.45, 2.75) is 85.0 Å². The number of aromatic nitrogens is 2. The van der Waals surface area contributed by atoms with Gasteiger partial charge in [-0.25, -0.2) is 0 Å². The van der Waals surface area contributed by atoms with Crippen LogP contribution in [0.4, 0.5) is 0 Å². The van der Waals surface area contributed by atoms with Crippen LogP contribution in [0.1, 0.15) is 102 Å². The number of carbonyl (C=O) groups excluding carboxylic acids is 1. The topological polar surface area (TPSA) is 63.1 Å². The third-order valence-electron chi connectivity index (χ3n) is 11.5. The first-order valence-corrected chi connectivity index (χ1v) is 19.0. The van der Waals surface area contributed by atoms with Gasteiger partial charge in [-0.2, -0.15) is 0 Å². The number of nitrogens with zero attached hydrogens (tertiary/aromatic N) is 2. The Labute approximate surface area is 328 Å². The molecule has 2 aromatic heterocycles. The van der Waals surface area contributed by atoms with Crippen molar-refractivity contribution in [1.29, 1.82) is 0 Å². The van der Waals surface area contributed by atoms with Crippen molar-refractivity contribution in [1.82, 2.24) is 9.97 Å². The van der Waals surface area contributed by atoms with Crippen LogP contribution in [0.5, 0.6) is 0 Å². The number of rotatable bonds is 7. The fourth-order valence-corrected chi connectivity index (χ4v) is 8.51. The third kappa shape index (κ3) is 6.36. The largest absolute Gasteiger partial charge is 0.512 e. The molecule has 4 aromatic carbocycles. The number of ketones is 1. The van der Waals surface area contributed by atoms with Gasteiger partial charge in [0.05, 0.1) is 5.76 Å². The Morgan fingerprint density at radius 1 is 0.755 bits per heavy atom. The average molecular weight is 878 g/mol. The van der Waals surface area contributed by atoms with Gasteiger partial charge in [0, 0.05) is 61.5 Å². The van der Waals surface area contributed by atoms with E-state index in [2.05, 4.69) is 106 Å². The van der Waals surface area contributed by atoms with Crippen molar-refractivity contribution in [2.75, 3.05) is 0 Å². The van der Waals surface area contributed by atoms with E-state index in [1.165, 1.54) is 55.8 Å².